The summed E-state index contributed by atoms with van der Waals surface area (Å²) in [5.74, 6) is 0.753. The molecule has 16 heavy (non-hydrogen) atoms. The van der Waals surface area contributed by atoms with Gasteiger partial charge in [-0.25, -0.2) is 0 Å². The molecule has 3 nitrogen and oxygen atoms in total. The van der Waals surface area contributed by atoms with Crippen LogP contribution in [0, 0.1) is 0 Å². The summed E-state index contributed by atoms with van der Waals surface area (Å²) in [6.07, 6.45) is 1.48. The van der Waals surface area contributed by atoms with Crippen molar-refractivity contribution in [1.29, 1.82) is 0 Å². The van der Waals surface area contributed by atoms with Gasteiger partial charge in [0.15, 0.2) is 0 Å². The summed E-state index contributed by atoms with van der Waals surface area (Å²) >= 11 is 5.92. The molecule has 1 N–H and O–H groups in total. The maximum absolute atomic E-state index is 10.6. The third kappa shape index (κ3) is 2.14. The van der Waals surface area contributed by atoms with Gasteiger partial charge in [0.05, 0.1) is 6.04 Å². The molecule has 0 radical (unpaired) electrons. The molecule has 0 saturated heterocycles. The molecule has 0 saturated carbocycles. The van der Waals surface area contributed by atoms with Gasteiger partial charge in [-0.1, -0.05) is 17.7 Å². The van der Waals surface area contributed by atoms with Gasteiger partial charge >= 0.3 is 0 Å². The van der Waals surface area contributed by atoms with Crippen molar-refractivity contribution >= 4 is 18.0 Å². The molecule has 0 aliphatic carbocycles. The van der Waals surface area contributed by atoms with E-state index in [1.165, 1.54) is 0 Å². The number of benzene rings is 1. The Bertz CT molecular complexity index is 417. The van der Waals surface area contributed by atoms with Crippen LogP contribution < -0.4 is 10.1 Å². The Morgan fingerprint density at radius 3 is 3.00 bits per heavy atom. The van der Waals surface area contributed by atoms with Gasteiger partial charge < -0.3 is 10.1 Å². The van der Waals surface area contributed by atoms with Crippen LogP contribution in [0.2, 0.25) is 5.02 Å². The van der Waals surface area contributed by atoms with Crippen LogP contribution in [0.15, 0.2) is 18.2 Å². The van der Waals surface area contributed by atoms with E-state index in [-0.39, 0.29) is 11.6 Å². The van der Waals surface area contributed by atoms with Crippen LogP contribution >= 0.6 is 11.6 Å². The normalized spacial score (nSPS) is 21.8. The molecule has 1 amide bonds. The first-order valence-corrected chi connectivity index (χ1v) is 5.58. The lowest BCUT2D eigenvalue weighted by Crippen LogP contribution is -2.39. The number of halogens is 1. The highest BCUT2D eigenvalue weighted by molar-refractivity contribution is 6.30. The maximum Gasteiger partial charge on any atom is 0.207 e. The van der Waals surface area contributed by atoms with Crippen LogP contribution in [0.5, 0.6) is 5.75 Å². The van der Waals surface area contributed by atoms with Gasteiger partial charge in [0.2, 0.25) is 6.41 Å². The number of hydrogen-bond donors (Lipinski definition) is 1. The zero-order chi connectivity index (χ0) is 11.8. The van der Waals surface area contributed by atoms with E-state index in [4.69, 9.17) is 16.3 Å². The lowest BCUT2D eigenvalue weighted by atomic mass is 9.90. The summed E-state index contributed by atoms with van der Waals surface area (Å²) in [5.41, 5.74) is 0.689. The van der Waals surface area contributed by atoms with Gasteiger partial charge in [-0.05, 0) is 26.0 Å². The van der Waals surface area contributed by atoms with Gasteiger partial charge in [-0.3, -0.25) is 4.79 Å². The van der Waals surface area contributed by atoms with Crippen LogP contribution in [-0.4, -0.2) is 12.0 Å². The molecule has 1 atom stereocenters. The number of rotatable bonds is 2. The van der Waals surface area contributed by atoms with Crippen LogP contribution in [-0.2, 0) is 4.79 Å². The first kappa shape index (κ1) is 11.3. The molecule has 86 valence electrons. The van der Waals surface area contributed by atoms with Crippen LogP contribution in [0.25, 0.3) is 0 Å². The third-order valence-electron chi connectivity index (χ3n) is 2.70. The number of carbonyl (C=O) groups is 1. The molecular weight excluding hydrogens is 226 g/mol. The van der Waals surface area contributed by atoms with Crippen molar-refractivity contribution in [3.63, 3.8) is 0 Å². The predicted molar refractivity (Wildman–Crippen MR) is 62.7 cm³/mol. The molecule has 1 aromatic rings. The minimum absolute atomic E-state index is 0.00600. The largest absolute Gasteiger partial charge is 0.487 e. The summed E-state index contributed by atoms with van der Waals surface area (Å²) in [5, 5.41) is 3.45. The van der Waals surface area contributed by atoms with E-state index in [9.17, 15) is 4.79 Å². The zero-order valence-electron chi connectivity index (χ0n) is 9.29. The van der Waals surface area contributed by atoms with Gasteiger partial charge in [0, 0.05) is 17.0 Å². The highest BCUT2D eigenvalue weighted by Crippen LogP contribution is 2.40. The maximum atomic E-state index is 10.6. The van der Waals surface area contributed by atoms with E-state index < -0.39 is 0 Å². The minimum atomic E-state index is -0.293. The standard InChI is InChI=1S/C12H14ClNO2/c1-12(2)6-10(14-7-15)9-4-3-8(13)5-11(9)16-12/h3-5,7,10H,6H2,1-2H3,(H,14,15). The predicted octanol–water partition coefficient (Wildman–Crippen LogP) is 2.69. The first-order chi connectivity index (χ1) is 7.52. The van der Waals surface area contributed by atoms with Gasteiger partial charge in [0.25, 0.3) is 0 Å². The SMILES string of the molecule is CC1(C)CC(NC=O)c2ccc(Cl)cc2O1. The second-order valence-electron chi connectivity index (χ2n) is 4.59. The molecule has 2 rings (SSSR count). The number of hydrogen-bond acceptors (Lipinski definition) is 2. The summed E-state index contributed by atoms with van der Waals surface area (Å²) < 4.78 is 5.84. The Morgan fingerprint density at radius 2 is 2.31 bits per heavy atom. The summed E-state index contributed by atoms with van der Waals surface area (Å²) in [7, 11) is 0. The molecule has 0 aromatic heterocycles. The second-order valence-corrected chi connectivity index (χ2v) is 5.02. The van der Waals surface area contributed by atoms with Crippen molar-refractivity contribution < 1.29 is 9.53 Å². The minimum Gasteiger partial charge on any atom is -0.487 e. The fraction of sp³-hybridized carbons (Fsp3) is 0.417. The number of carbonyl (C=O) groups excluding carboxylic acids is 1. The number of nitrogens with one attached hydrogen (secondary N) is 1. The Kier molecular flexibility index (Phi) is 2.80. The van der Waals surface area contributed by atoms with Crippen molar-refractivity contribution in [3.05, 3.63) is 28.8 Å². The third-order valence-corrected chi connectivity index (χ3v) is 2.94. The molecule has 1 aliphatic heterocycles. The summed E-state index contributed by atoms with van der Waals surface area (Å²) in [4.78, 5) is 10.6. The molecule has 0 fully saturated rings. The van der Waals surface area contributed by atoms with Crippen LogP contribution in [0.4, 0.5) is 0 Å². The van der Waals surface area contributed by atoms with E-state index in [1.807, 2.05) is 26.0 Å². The van der Waals surface area contributed by atoms with Crippen molar-refractivity contribution in [2.75, 3.05) is 0 Å². The fourth-order valence-corrected chi connectivity index (χ4v) is 2.22. The van der Waals surface area contributed by atoms with Gasteiger partial charge in [-0.2, -0.15) is 0 Å². The Balaban J connectivity index is 2.42. The lowest BCUT2D eigenvalue weighted by molar-refractivity contribution is -0.110. The van der Waals surface area contributed by atoms with E-state index in [0.717, 1.165) is 24.1 Å². The highest BCUT2D eigenvalue weighted by Gasteiger charge is 2.33. The summed E-state index contributed by atoms with van der Waals surface area (Å²) in [6, 6.07) is 5.49. The monoisotopic (exact) mass is 239 g/mol. The molecule has 4 heteroatoms. The molecule has 1 aromatic carbocycles. The van der Waals surface area contributed by atoms with Gasteiger partial charge in [-0.15, -0.1) is 0 Å². The zero-order valence-corrected chi connectivity index (χ0v) is 10.0. The summed E-state index contributed by atoms with van der Waals surface area (Å²) in [6.45, 7) is 3.99. The average molecular weight is 240 g/mol. The van der Waals surface area contributed by atoms with Gasteiger partial charge in [0.1, 0.15) is 11.4 Å². The van der Waals surface area contributed by atoms with Crippen molar-refractivity contribution in [3.8, 4) is 5.75 Å². The van der Waals surface area contributed by atoms with E-state index in [0.29, 0.717) is 5.02 Å². The first-order valence-electron chi connectivity index (χ1n) is 5.20. The van der Waals surface area contributed by atoms with E-state index in [2.05, 4.69) is 5.32 Å². The van der Waals surface area contributed by atoms with E-state index >= 15 is 0 Å². The molecule has 0 bridgehead atoms. The molecule has 0 spiro atoms. The van der Waals surface area contributed by atoms with Crippen LogP contribution in [0.3, 0.4) is 0 Å². The highest BCUT2D eigenvalue weighted by atomic mass is 35.5. The Hall–Kier alpha value is -1.22. The van der Waals surface area contributed by atoms with Crippen molar-refractivity contribution in [1.82, 2.24) is 5.32 Å². The number of ether oxygens (including phenoxy) is 1. The number of fused-ring (bicyclic) bond motifs is 1. The number of amides is 1. The Morgan fingerprint density at radius 1 is 1.56 bits per heavy atom. The molecule has 1 heterocycles. The van der Waals surface area contributed by atoms with E-state index in [1.54, 1.807) is 6.07 Å². The van der Waals surface area contributed by atoms with Crippen LogP contribution in [0.1, 0.15) is 31.9 Å². The molecular formula is C12H14ClNO2. The average Bonchev–Trinajstić information content (AvgIpc) is 2.15. The topological polar surface area (TPSA) is 38.3 Å². The smallest absolute Gasteiger partial charge is 0.207 e. The van der Waals surface area contributed by atoms with Crippen molar-refractivity contribution in [2.45, 2.75) is 31.9 Å². The van der Waals surface area contributed by atoms with Crippen molar-refractivity contribution in [2.24, 2.45) is 0 Å². The quantitative estimate of drug-likeness (QED) is 0.806. The fourth-order valence-electron chi connectivity index (χ4n) is 2.06. The lowest BCUT2D eigenvalue weighted by Gasteiger charge is -2.37. The molecule has 1 unspecified atom stereocenters. The second kappa shape index (κ2) is 3.98. The molecule has 1 aliphatic rings. The Labute approximate surface area is 99.7 Å².